The summed E-state index contributed by atoms with van der Waals surface area (Å²) in [6, 6.07) is 11.3. The summed E-state index contributed by atoms with van der Waals surface area (Å²) >= 11 is 0. The Morgan fingerprint density at radius 2 is 1.67 bits per heavy atom. The minimum Gasteiger partial charge on any atom is -0.504 e. The number of benzene rings is 2. The molecule has 0 saturated heterocycles. The van der Waals surface area contributed by atoms with Crippen LogP contribution < -0.4 is 9.64 Å². The number of phenols is 1. The molecule has 1 amide bonds. The Hall–Kier alpha value is -3.28. The van der Waals surface area contributed by atoms with Crippen LogP contribution in [0.15, 0.2) is 53.8 Å². The molecule has 0 aromatic heterocycles. The van der Waals surface area contributed by atoms with E-state index in [-0.39, 0.29) is 22.9 Å². The van der Waals surface area contributed by atoms with Gasteiger partial charge in [0.15, 0.2) is 23.0 Å². The van der Waals surface area contributed by atoms with Crippen LogP contribution in [-0.2, 0) is 9.59 Å². The number of rotatable bonds is 6. The maximum Gasteiger partial charge on any atom is 0.294 e. The summed E-state index contributed by atoms with van der Waals surface area (Å²) in [5, 5.41) is 20.9. The molecular weight excluding hydrogens is 382 g/mol. The molecule has 2 N–H and O–H groups in total. The van der Waals surface area contributed by atoms with Crippen molar-refractivity contribution in [2.45, 2.75) is 39.7 Å². The number of aliphatic hydroxyl groups is 1. The molecule has 1 atom stereocenters. The first-order valence-corrected chi connectivity index (χ1v) is 9.95. The van der Waals surface area contributed by atoms with Crippen molar-refractivity contribution in [3.05, 3.63) is 64.9 Å². The lowest BCUT2D eigenvalue weighted by Gasteiger charge is -2.28. The standard InChI is InChI=1S/C24H27NO5/c1-13(2)15-6-9-17(10-7-15)25-21(16-8-11-19(30-5)18(26)12-16)20(22(27)14(3)4)23(28)24(25)29/h6-14,21,26,28H,1-5H3. The lowest BCUT2D eigenvalue weighted by Crippen LogP contribution is -2.31. The minimum atomic E-state index is -0.853. The highest BCUT2D eigenvalue weighted by Gasteiger charge is 2.45. The average molecular weight is 409 g/mol. The van der Waals surface area contributed by atoms with Crippen molar-refractivity contribution < 1.29 is 24.5 Å². The van der Waals surface area contributed by atoms with Gasteiger partial charge in [0.1, 0.15) is 0 Å². The predicted octanol–water partition coefficient (Wildman–Crippen LogP) is 4.65. The van der Waals surface area contributed by atoms with E-state index in [0.29, 0.717) is 17.2 Å². The Bertz CT molecular complexity index is 1000. The van der Waals surface area contributed by atoms with Gasteiger partial charge in [-0.3, -0.25) is 14.5 Å². The third-order valence-corrected chi connectivity index (χ3v) is 5.35. The number of ketones is 1. The molecule has 2 aromatic rings. The van der Waals surface area contributed by atoms with Crippen LogP contribution >= 0.6 is 0 Å². The van der Waals surface area contributed by atoms with E-state index in [9.17, 15) is 19.8 Å². The van der Waals surface area contributed by atoms with Crippen molar-refractivity contribution >= 4 is 17.4 Å². The normalized spacial score (nSPS) is 16.7. The van der Waals surface area contributed by atoms with Gasteiger partial charge in [0.05, 0.1) is 18.7 Å². The van der Waals surface area contributed by atoms with Gasteiger partial charge >= 0.3 is 0 Å². The van der Waals surface area contributed by atoms with Gasteiger partial charge < -0.3 is 14.9 Å². The van der Waals surface area contributed by atoms with E-state index in [0.717, 1.165) is 5.56 Å². The molecule has 1 aliphatic rings. The minimum absolute atomic E-state index is 0.0347. The molecule has 3 rings (SSSR count). The number of nitrogens with zero attached hydrogens (tertiary/aromatic N) is 1. The Labute approximate surface area is 176 Å². The van der Waals surface area contributed by atoms with Crippen molar-refractivity contribution in [2.24, 2.45) is 5.92 Å². The lowest BCUT2D eigenvalue weighted by atomic mass is 9.91. The maximum atomic E-state index is 13.0. The van der Waals surface area contributed by atoms with E-state index >= 15 is 0 Å². The highest BCUT2D eigenvalue weighted by Crippen LogP contribution is 2.43. The fraction of sp³-hybridized carbons (Fsp3) is 0.333. The second-order valence-electron chi connectivity index (χ2n) is 8.04. The number of carbonyl (C=O) groups excluding carboxylic acids is 2. The molecule has 1 heterocycles. The van der Waals surface area contributed by atoms with Gasteiger partial charge in [-0.2, -0.15) is 0 Å². The van der Waals surface area contributed by atoms with Gasteiger partial charge in [-0.1, -0.05) is 45.9 Å². The van der Waals surface area contributed by atoms with Crippen molar-refractivity contribution in [3.63, 3.8) is 0 Å². The molecule has 0 spiro atoms. The fourth-order valence-electron chi connectivity index (χ4n) is 3.65. The van der Waals surface area contributed by atoms with E-state index < -0.39 is 23.6 Å². The molecular formula is C24H27NO5. The zero-order chi connectivity index (χ0) is 22.2. The summed E-state index contributed by atoms with van der Waals surface area (Å²) in [4.78, 5) is 27.4. The monoisotopic (exact) mass is 409 g/mol. The SMILES string of the molecule is COc1ccc(C2C(C(=O)C(C)C)=C(O)C(=O)N2c2ccc(C(C)C)cc2)cc1O. The van der Waals surface area contributed by atoms with Crippen LogP contribution in [-0.4, -0.2) is 29.0 Å². The number of hydrogen-bond acceptors (Lipinski definition) is 5. The van der Waals surface area contributed by atoms with Gasteiger partial charge in [0, 0.05) is 11.6 Å². The molecule has 6 heteroatoms. The van der Waals surface area contributed by atoms with Gasteiger partial charge in [-0.25, -0.2) is 0 Å². The molecule has 1 aliphatic heterocycles. The van der Waals surface area contributed by atoms with Gasteiger partial charge in [0.25, 0.3) is 5.91 Å². The van der Waals surface area contributed by atoms with Crippen LogP contribution in [0.25, 0.3) is 0 Å². The van der Waals surface area contributed by atoms with Crippen LogP contribution in [0.4, 0.5) is 5.69 Å². The van der Waals surface area contributed by atoms with E-state index in [1.807, 2.05) is 12.1 Å². The van der Waals surface area contributed by atoms with E-state index in [4.69, 9.17) is 4.74 Å². The summed E-state index contributed by atoms with van der Waals surface area (Å²) in [7, 11) is 1.44. The molecule has 0 fully saturated rings. The van der Waals surface area contributed by atoms with E-state index in [2.05, 4.69) is 13.8 Å². The summed E-state index contributed by atoms with van der Waals surface area (Å²) in [5.74, 6) is -1.43. The number of carbonyl (C=O) groups is 2. The zero-order valence-corrected chi connectivity index (χ0v) is 17.8. The van der Waals surface area contributed by atoms with Crippen molar-refractivity contribution in [1.82, 2.24) is 0 Å². The summed E-state index contributed by atoms with van der Waals surface area (Å²) < 4.78 is 5.11. The van der Waals surface area contributed by atoms with Gasteiger partial charge in [0.2, 0.25) is 0 Å². The second kappa shape index (κ2) is 8.22. The summed E-state index contributed by atoms with van der Waals surface area (Å²) in [6.45, 7) is 7.59. The topological polar surface area (TPSA) is 87.1 Å². The largest absolute Gasteiger partial charge is 0.504 e. The molecule has 0 bridgehead atoms. The smallest absolute Gasteiger partial charge is 0.294 e. The number of ether oxygens (including phenoxy) is 1. The summed E-state index contributed by atoms with van der Waals surface area (Å²) in [6.07, 6.45) is 0. The first-order valence-electron chi connectivity index (χ1n) is 9.95. The fourth-order valence-corrected chi connectivity index (χ4v) is 3.65. The lowest BCUT2D eigenvalue weighted by molar-refractivity contribution is -0.119. The number of aromatic hydroxyl groups is 1. The van der Waals surface area contributed by atoms with Crippen molar-refractivity contribution in [1.29, 1.82) is 0 Å². The van der Waals surface area contributed by atoms with E-state index in [1.165, 1.54) is 18.1 Å². The highest BCUT2D eigenvalue weighted by molar-refractivity contribution is 6.16. The van der Waals surface area contributed by atoms with Crippen LogP contribution in [0, 0.1) is 5.92 Å². The molecule has 0 aliphatic carbocycles. The Morgan fingerprint density at radius 1 is 1.03 bits per heavy atom. The molecule has 0 radical (unpaired) electrons. The van der Waals surface area contributed by atoms with Crippen LogP contribution in [0.3, 0.4) is 0 Å². The van der Waals surface area contributed by atoms with Crippen LogP contribution in [0.1, 0.15) is 50.8 Å². The molecule has 0 saturated carbocycles. The number of amides is 1. The van der Waals surface area contributed by atoms with Crippen molar-refractivity contribution in [3.8, 4) is 11.5 Å². The molecule has 1 unspecified atom stereocenters. The highest BCUT2D eigenvalue weighted by atomic mass is 16.5. The zero-order valence-electron chi connectivity index (χ0n) is 17.8. The number of anilines is 1. The number of aliphatic hydroxyl groups excluding tert-OH is 1. The predicted molar refractivity (Wildman–Crippen MR) is 115 cm³/mol. The molecule has 30 heavy (non-hydrogen) atoms. The summed E-state index contributed by atoms with van der Waals surface area (Å²) in [5.41, 5.74) is 2.21. The Kier molecular flexibility index (Phi) is 5.87. The molecule has 158 valence electrons. The third kappa shape index (κ3) is 3.65. The van der Waals surface area contributed by atoms with Crippen molar-refractivity contribution in [2.75, 3.05) is 12.0 Å². The molecule has 6 nitrogen and oxygen atoms in total. The number of methoxy groups -OCH3 is 1. The number of phenolic OH excluding ortho intramolecular Hbond substituents is 1. The van der Waals surface area contributed by atoms with E-state index in [1.54, 1.807) is 38.1 Å². The third-order valence-electron chi connectivity index (χ3n) is 5.35. The first-order chi connectivity index (χ1) is 14.2. The Balaban J connectivity index is 2.16. The number of Topliss-reactive ketones (excluding diaryl/α,β-unsaturated/α-hetero) is 1. The average Bonchev–Trinajstić information content (AvgIpc) is 2.98. The van der Waals surface area contributed by atoms with Crippen LogP contribution in [0.5, 0.6) is 11.5 Å². The van der Waals surface area contributed by atoms with Gasteiger partial charge in [-0.05, 0) is 41.3 Å². The number of hydrogen-bond donors (Lipinski definition) is 2. The first kappa shape index (κ1) is 21.4. The molecule has 2 aromatic carbocycles. The quantitative estimate of drug-likeness (QED) is 0.725. The Morgan fingerprint density at radius 3 is 2.17 bits per heavy atom. The van der Waals surface area contributed by atoms with Crippen LogP contribution in [0.2, 0.25) is 0 Å². The maximum absolute atomic E-state index is 13.0. The second-order valence-corrected chi connectivity index (χ2v) is 8.04. The van der Waals surface area contributed by atoms with Gasteiger partial charge in [-0.15, -0.1) is 0 Å².